The Morgan fingerprint density at radius 2 is 0.792 bits per heavy atom. The van der Waals surface area contributed by atoms with Crippen molar-refractivity contribution in [2.75, 3.05) is 52.4 Å². The molecule has 0 heterocycles. The lowest BCUT2D eigenvalue weighted by atomic mass is 10.3. The van der Waals surface area contributed by atoms with Crippen LogP contribution in [0.25, 0.3) is 0 Å². The Bertz CT molecular complexity index is 191. The van der Waals surface area contributed by atoms with Crippen molar-refractivity contribution in [1.29, 1.82) is 0 Å². The van der Waals surface area contributed by atoms with E-state index in [2.05, 4.69) is 47.3 Å². The highest BCUT2D eigenvalue weighted by atomic mass is 35.5. The van der Waals surface area contributed by atoms with Gasteiger partial charge in [-0.05, 0) is 65.0 Å². The van der Waals surface area contributed by atoms with Crippen LogP contribution in [-0.2, 0) is 0 Å². The highest BCUT2D eigenvalue weighted by Crippen LogP contribution is 1.85. The molecule has 0 aliphatic carbocycles. The van der Waals surface area contributed by atoms with Crippen molar-refractivity contribution in [3.05, 3.63) is 12.2 Å². The molecular formula is C16H40Cl4N4. The summed E-state index contributed by atoms with van der Waals surface area (Å²) in [5.74, 6) is 0. The molecular weight excluding hydrogens is 390 g/mol. The van der Waals surface area contributed by atoms with Crippen LogP contribution in [0.3, 0.4) is 0 Å². The fraction of sp³-hybridized carbons (Fsp3) is 0.875. The Hall–Kier alpha value is 0.740. The number of hydrogen-bond donors (Lipinski definition) is 4. The van der Waals surface area contributed by atoms with E-state index in [1.54, 1.807) is 0 Å². The van der Waals surface area contributed by atoms with E-state index in [9.17, 15) is 0 Å². The molecule has 8 heteroatoms. The molecule has 0 bridgehead atoms. The van der Waals surface area contributed by atoms with Gasteiger partial charge in [0.15, 0.2) is 0 Å². The van der Waals surface area contributed by atoms with Gasteiger partial charge in [-0.15, -0.1) is 49.6 Å². The fourth-order valence-electron chi connectivity index (χ4n) is 1.89. The average molecular weight is 430 g/mol. The van der Waals surface area contributed by atoms with Crippen LogP contribution >= 0.6 is 49.6 Å². The van der Waals surface area contributed by atoms with E-state index in [1.165, 1.54) is 25.7 Å². The molecule has 0 amide bonds. The summed E-state index contributed by atoms with van der Waals surface area (Å²) in [7, 11) is 0. The summed E-state index contributed by atoms with van der Waals surface area (Å²) in [4.78, 5) is 0. The van der Waals surface area contributed by atoms with Crippen LogP contribution in [0.5, 0.6) is 0 Å². The van der Waals surface area contributed by atoms with Crippen LogP contribution in [0.2, 0.25) is 0 Å². The Morgan fingerprint density at radius 1 is 0.500 bits per heavy atom. The zero-order valence-corrected chi connectivity index (χ0v) is 18.5. The van der Waals surface area contributed by atoms with Crippen LogP contribution < -0.4 is 21.3 Å². The Kier molecular flexibility index (Phi) is 52.1. The zero-order valence-electron chi connectivity index (χ0n) is 15.3. The van der Waals surface area contributed by atoms with Crippen molar-refractivity contribution in [3.8, 4) is 0 Å². The molecule has 0 fully saturated rings. The van der Waals surface area contributed by atoms with Gasteiger partial charge in [0.2, 0.25) is 0 Å². The first kappa shape index (κ1) is 35.8. The molecule has 0 rings (SSSR count). The van der Waals surface area contributed by atoms with Gasteiger partial charge in [0.25, 0.3) is 0 Å². The molecule has 4 N–H and O–H groups in total. The number of nitrogens with one attached hydrogen (secondary N) is 4. The molecule has 0 radical (unpaired) electrons. The van der Waals surface area contributed by atoms with Crippen molar-refractivity contribution < 1.29 is 0 Å². The predicted octanol–water partition coefficient (Wildman–Crippen LogP) is 3.19. The molecule has 152 valence electrons. The van der Waals surface area contributed by atoms with Crippen molar-refractivity contribution in [2.45, 2.75) is 39.5 Å². The van der Waals surface area contributed by atoms with Gasteiger partial charge in [-0.3, -0.25) is 0 Å². The fourth-order valence-corrected chi connectivity index (χ4v) is 1.89. The lowest BCUT2D eigenvalue weighted by Crippen LogP contribution is -2.20. The average Bonchev–Trinajstić information content (AvgIpc) is 2.47. The topological polar surface area (TPSA) is 48.1 Å². The summed E-state index contributed by atoms with van der Waals surface area (Å²) >= 11 is 0. The standard InChI is InChI=1S/C16H36N4.4ClH/c1-3-17-11-5-7-13-19-15-9-10-16-20-14-8-6-12-18-4-2;;;;/h9-10,17-20H,3-8,11-16H2,1-2H3;4*1H/b10-9+;;;;. The van der Waals surface area contributed by atoms with E-state index in [0.29, 0.717) is 0 Å². The highest BCUT2D eigenvalue weighted by Gasteiger charge is 1.88. The molecule has 0 spiro atoms. The molecule has 0 aromatic rings. The molecule has 24 heavy (non-hydrogen) atoms. The van der Waals surface area contributed by atoms with E-state index < -0.39 is 0 Å². The van der Waals surface area contributed by atoms with Crippen LogP contribution in [0.4, 0.5) is 0 Å². The van der Waals surface area contributed by atoms with Gasteiger partial charge in [0.05, 0.1) is 0 Å². The third-order valence-electron chi connectivity index (χ3n) is 3.11. The van der Waals surface area contributed by atoms with Crippen LogP contribution in [-0.4, -0.2) is 52.4 Å². The van der Waals surface area contributed by atoms with Gasteiger partial charge in [-0.25, -0.2) is 0 Å². The van der Waals surface area contributed by atoms with E-state index in [-0.39, 0.29) is 49.6 Å². The second-order valence-corrected chi connectivity index (χ2v) is 5.00. The Morgan fingerprint density at radius 3 is 1.08 bits per heavy atom. The van der Waals surface area contributed by atoms with E-state index in [0.717, 1.165) is 52.4 Å². The van der Waals surface area contributed by atoms with Crippen LogP contribution in [0.1, 0.15) is 39.5 Å². The summed E-state index contributed by atoms with van der Waals surface area (Å²) in [6.07, 6.45) is 9.47. The predicted molar refractivity (Wildman–Crippen MR) is 119 cm³/mol. The van der Waals surface area contributed by atoms with Crippen molar-refractivity contribution in [1.82, 2.24) is 21.3 Å². The smallest absolute Gasteiger partial charge is 0.0135 e. The van der Waals surface area contributed by atoms with Gasteiger partial charge in [-0.2, -0.15) is 0 Å². The summed E-state index contributed by atoms with van der Waals surface area (Å²) in [5, 5.41) is 13.6. The highest BCUT2D eigenvalue weighted by molar-refractivity contribution is 5.86. The number of unbranched alkanes of at least 4 members (excludes halogenated alkanes) is 2. The Labute approximate surface area is 174 Å². The van der Waals surface area contributed by atoms with Gasteiger partial charge >= 0.3 is 0 Å². The molecule has 0 aromatic carbocycles. The van der Waals surface area contributed by atoms with Gasteiger partial charge < -0.3 is 21.3 Å². The van der Waals surface area contributed by atoms with Gasteiger partial charge in [-0.1, -0.05) is 26.0 Å². The summed E-state index contributed by atoms with van der Waals surface area (Å²) in [6.45, 7) is 13.0. The summed E-state index contributed by atoms with van der Waals surface area (Å²) in [6, 6.07) is 0. The molecule has 0 unspecified atom stereocenters. The van der Waals surface area contributed by atoms with E-state index in [1.807, 2.05) is 0 Å². The maximum atomic E-state index is 3.44. The minimum Gasteiger partial charge on any atom is -0.317 e. The van der Waals surface area contributed by atoms with Gasteiger partial charge in [0, 0.05) is 13.1 Å². The molecule has 4 nitrogen and oxygen atoms in total. The number of halogens is 4. The molecule has 0 aliphatic rings. The Balaban J connectivity index is -0.000000301. The third-order valence-corrected chi connectivity index (χ3v) is 3.11. The SMILES string of the molecule is CCNCCCCNC/C=C/CNCCCCNCC.Cl.Cl.Cl.Cl. The summed E-state index contributed by atoms with van der Waals surface area (Å²) < 4.78 is 0. The minimum absolute atomic E-state index is 0. The van der Waals surface area contributed by atoms with Crippen LogP contribution in [0, 0.1) is 0 Å². The maximum absolute atomic E-state index is 3.44. The van der Waals surface area contributed by atoms with Gasteiger partial charge in [0.1, 0.15) is 0 Å². The first-order chi connectivity index (χ1) is 9.91. The number of hydrogen-bond acceptors (Lipinski definition) is 4. The summed E-state index contributed by atoms with van der Waals surface area (Å²) in [5.41, 5.74) is 0. The molecule has 0 aromatic heterocycles. The second-order valence-electron chi connectivity index (χ2n) is 5.00. The minimum atomic E-state index is 0. The zero-order chi connectivity index (χ0) is 14.7. The van der Waals surface area contributed by atoms with Crippen molar-refractivity contribution in [3.63, 3.8) is 0 Å². The van der Waals surface area contributed by atoms with E-state index >= 15 is 0 Å². The first-order valence-corrected chi connectivity index (χ1v) is 8.39. The quantitative estimate of drug-likeness (QED) is 0.225. The molecule has 0 saturated heterocycles. The monoisotopic (exact) mass is 428 g/mol. The molecule has 0 saturated carbocycles. The maximum Gasteiger partial charge on any atom is 0.0135 e. The molecule has 0 atom stereocenters. The molecule has 0 aliphatic heterocycles. The lowest BCUT2D eigenvalue weighted by Gasteiger charge is -2.03. The largest absolute Gasteiger partial charge is 0.317 e. The van der Waals surface area contributed by atoms with Crippen molar-refractivity contribution in [2.24, 2.45) is 0 Å². The lowest BCUT2D eigenvalue weighted by molar-refractivity contribution is 0.605. The van der Waals surface area contributed by atoms with Crippen LogP contribution in [0.15, 0.2) is 12.2 Å². The van der Waals surface area contributed by atoms with Crippen molar-refractivity contribution >= 4 is 49.6 Å². The first-order valence-electron chi connectivity index (χ1n) is 8.39. The number of rotatable bonds is 16. The third kappa shape index (κ3) is 34.2. The van der Waals surface area contributed by atoms with E-state index in [4.69, 9.17) is 0 Å². The normalized spacial score (nSPS) is 9.58. The second kappa shape index (κ2) is 35.0.